The summed E-state index contributed by atoms with van der Waals surface area (Å²) in [5.41, 5.74) is 0.651. The highest BCUT2D eigenvalue weighted by molar-refractivity contribution is 14.0. The number of alkyl halides is 2. The molecule has 25 heavy (non-hydrogen) atoms. The molecule has 0 aromatic heterocycles. The molecule has 0 aliphatic carbocycles. The van der Waals surface area contributed by atoms with Crippen molar-refractivity contribution in [1.29, 1.82) is 0 Å². The summed E-state index contributed by atoms with van der Waals surface area (Å²) < 4.78 is 29.4. The third-order valence-electron chi connectivity index (χ3n) is 3.86. The maximum atomic E-state index is 12.4. The quantitative estimate of drug-likeness (QED) is 0.331. The lowest BCUT2D eigenvalue weighted by Gasteiger charge is -2.27. The van der Waals surface area contributed by atoms with Gasteiger partial charge in [-0.15, -0.1) is 24.0 Å². The third-order valence-corrected chi connectivity index (χ3v) is 3.86. The van der Waals surface area contributed by atoms with E-state index in [0.29, 0.717) is 24.1 Å². The third kappa shape index (κ3) is 8.66. The number of hydrogen-bond acceptors (Lipinski definition) is 3. The maximum Gasteiger partial charge on any atom is 0.387 e. The van der Waals surface area contributed by atoms with Crippen LogP contribution >= 0.6 is 24.0 Å². The number of guanidine groups is 1. The molecule has 0 bridgehead atoms. The van der Waals surface area contributed by atoms with Crippen LogP contribution in [0.25, 0.3) is 0 Å². The summed E-state index contributed by atoms with van der Waals surface area (Å²) in [4.78, 5) is 6.50. The van der Waals surface area contributed by atoms with E-state index in [9.17, 15) is 8.78 Å². The van der Waals surface area contributed by atoms with E-state index >= 15 is 0 Å². The van der Waals surface area contributed by atoms with Crippen molar-refractivity contribution >= 4 is 29.9 Å². The number of aliphatic imine (C=N–C) groups is 1. The number of halogens is 3. The summed E-state index contributed by atoms with van der Waals surface area (Å²) in [6.07, 6.45) is 0. The molecule has 0 saturated carbocycles. The summed E-state index contributed by atoms with van der Waals surface area (Å²) in [6.45, 7) is 6.66. The van der Waals surface area contributed by atoms with E-state index in [0.717, 1.165) is 19.6 Å². The van der Waals surface area contributed by atoms with Crippen LogP contribution in [-0.4, -0.2) is 50.2 Å². The molecule has 0 fully saturated rings. The van der Waals surface area contributed by atoms with Crippen molar-refractivity contribution in [1.82, 2.24) is 15.5 Å². The smallest absolute Gasteiger partial charge is 0.387 e. The minimum Gasteiger partial charge on any atom is -0.434 e. The van der Waals surface area contributed by atoms with E-state index < -0.39 is 6.61 Å². The van der Waals surface area contributed by atoms with Crippen LogP contribution in [0.3, 0.4) is 0 Å². The van der Waals surface area contributed by atoms with Crippen LogP contribution in [0.2, 0.25) is 0 Å². The van der Waals surface area contributed by atoms with Gasteiger partial charge >= 0.3 is 6.61 Å². The average Bonchev–Trinajstić information content (AvgIpc) is 2.57. The first-order chi connectivity index (χ1) is 11.5. The Morgan fingerprint density at radius 3 is 2.40 bits per heavy atom. The van der Waals surface area contributed by atoms with Gasteiger partial charge in [-0.25, -0.2) is 0 Å². The van der Waals surface area contributed by atoms with Gasteiger partial charge in [0.15, 0.2) is 5.96 Å². The van der Waals surface area contributed by atoms with Gasteiger partial charge in [0.05, 0.1) is 0 Å². The molecule has 0 saturated heterocycles. The standard InChI is InChI=1S/C17H28F2N4O.HI/c1-5-23(6-2)13(3)11-21-17(20-4)22-12-14-9-7-8-10-15(14)24-16(18)19;/h7-10,13,16H,5-6,11-12H2,1-4H3,(H2,20,21,22);1H. The number of hydrogen-bond donors (Lipinski definition) is 2. The Balaban J connectivity index is 0.00000576. The molecule has 1 unspecified atom stereocenters. The Bertz CT molecular complexity index is 513. The maximum absolute atomic E-state index is 12.4. The first-order valence-corrected chi connectivity index (χ1v) is 8.23. The second-order valence-corrected chi connectivity index (χ2v) is 5.36. The van der Waals surface area contributed by atoms with Gasteiger partial charge in [0.1, 0.15) is 5.75 Å². The minimum absolute atomic E-state index is 0. The number of nitrogens with one attached hydrogen (secondary N) is 2. The van der Waals surface area contributed by atoms with E-state index in [1.165, 1.54) is 6.07 Å². The van der Waals surface area contributed by atoms with Crippen LogP contribution in [0.1, 0.15) is 26.3 Å². The van der Waals surface area contributed by atoms with Gasteiger partial charge in [-0.05, 0) is 26.1 Å². The number of benzene rings is 1. The van der Waals surface area contributed by atoms with Crippen molar-refractivity contribution in [2.45, 2.75) is 40.0 Å². The minimum atomic E-state index is -2.83. The zero-order chi connectivity index (χ0) is 17.9. The van der Waals surface area contributed by atoms with Crippen LogP contribution in [0.15, 0.2) is 29.3 Å². The van der Waals surface area contributed by atoms with Gasteiger partial charge in [-0.2, -0.15) is 8.78 Å². The zero-order valence-corrected chi connectivity index (χ0v) is 17.6. The predicted octanol–water partition coefficient (Wildman–Crippen LogP) is 3.30. The highest BCUT2D eigenvalue weighted by Crippen LogP contribution is 2.19. The molecule has 1 aromatic rings. The second-order valence-electron chi connectivity index (χ2n) is 5.36. The second kappa shape index (κ2) is 13.1. The fourth-order valence-electron chi connectivity index (χ4n) is 2.48. The summed E-state index contributed by atoms with van der Waals surface area (Å²) in [7, 11) is 1.68. The molecule has 0 heterocycles. The van der Waals surface area contributed by atoms with Crippen molar-refractivity contribution in [3.05, 3.63) is 29.8 Å². The number of para-hydroxylation sites is 1. The molecule has 144 valence electrons. The zero-order valence-electron chi connectivity index (χ0n) is 15.3. The topological polar surface area (TPSA) is 48.9 Å². The Hall–Kier alpha value is -1.16. The number of rotatable bonds is 9. The van der Waals surface area contributed by atoms with Crippen molar-refractivity contribution in [3.8, 4) is 5.75 Å². The lowest BCUT2D eigenvalue weighted by atomic mass is 10.2. The fraction of sp³-hybridized carbons (Fsp3) is 0.588. The van der Waals surface area contributed by atoms with Crippen LogP contribution in [0.4, 0.5) is 8.78 Å². The van der Waals surface area contributed by atoms with E-state index in [2.05, 4.69) is 46.0 Å². The molecule has 0 aliphatic rings. The Morgan fingerprint density at radius 2 is 1.84 bits per heavy atom. The number of ether oxygens (including phenoxy) is 1. The molecule has 5 nitrogen and oxygen atoms in total. The molecule has 8 heteroatoms. The van der Waals surface area contributed by atoms with E-state index in [1.54, 1.807) is 25.2 Å². The molecular formula is C17H29F2IN4O. The summed E-state index contributed by atoms with van der Waals surface area (Å²) >= 11 is 0. The van der Waals surface area contributed by atoms with Gasteiger partial charge < -0.3 is 15.4 Å². The molecule has 0 aliphatic heterocycles. The predicted molar refractivity (Wildman–Crippen MR) is 109 cm³/mol. The SMILES string of the molecule is CCN(CC)C(C)CNC(=NC)NCc1ccccc1OC(F)F.I. The Labute approximate surface area is 166 Å². The first-order valence-electron chi connectivity index (χ1n) is 8.23. The van der Waals surface area contributed by atoms with E-state index in [4.69, 9.17) is 0 Å². The molecular weight excluding hydrogens is 441 g/mol. The highest BCUT2D eigenvalue weighted by Gasteiger charge is 2.12. The lowest BCUT2D eigenvalue weighted by Crippen LogP contribution is -2.45. The Kier molecular flexibility index (Phi) is 12.5. The number of nitrogens with zero attached hydrogens (tertiary/aromatic N) is 2. The molecule has 0 spiro atoms. The summed E-state index contributed by atoms with van der Waals surface area (Å²) in [5.74, 6) is 0.799. The molecule has 1 aromatic carbocycles. The normalized spacial score (nSPS) is 12.7. The molecule has 1 rings (SSSR count). The molecule has 0 amide bonds. The van der Waals surface area contributed by atoms with Gasteiger partial charge in [-0.3, -0.25) is 9.89 Å². The first kappa shape index (κ1) is 23.8. The van der Waals surface area contributed by atoms with Crippen LogP contribution < -0.4 is 15.4 Å². The molecule has 2 N–H and O–H groups in total. The van der Waals surface area contributed by atoms with E-state index in [1.807, 2.05) is 0 Å². The Morgan fingerprint density at radius 1 is 1.20 bits per heavy atom. The fourth-order valence-corrected chi connectivity index (χ4v) is 2.48. The monoisotopic (exact) mass is 470 g/mol. The van der Waals surface area contributed by atoms with Crippen LogP contribution in [0, 0.1) is 0 Å². The van der Waals surface area contributed by atoms with Crippen molar-refractivity contribution < 1.29 is 13.5 Å². The van der Waals surface area contributed by atoms with E-state index in [-0.39, 0.29) is 29.7 Å². The lowest BCUT2D eigenvalue weighted by molar-refractivity contribution is -0.0504. The van der Waals surface area contributed by atoms with Crippen LogP contribution in [-0.2, 0) is 6.54 Å². The van der Waals surface area contributed by atoms with Gasteiger partial charge in [-0.1, -0.05) is 32.0 Å². The van der Waals surface area contributed by atoms with Crippen molar-refractivity contribution in [2.24, 2.45) is 4.99 Å². The van der Waals surface area contributed by atoms with Gasteiger partial charge in [0.25, 0.3) is 0 Å². The average molecular weight is 470 g/mol. The molecule has 1 atom stereocenters. The van der Waals surface area contributed by atoms with Crippen molar-refractivity contribution in [2.75, 3.05) is 26.7 Å². The number of likely N-dealkylation sites (N-methyl/N-ethyl adjacent to an activating group) is 1. The van der Waals surface area contributed by atoms with Crippen LogP contribution in [0.5, 0.6) is 5.75 Å². The summed E-state index contributed by atoms with van der Waals surface area (Å²) in [5, 5.41) is 6.38. The largest absolute Gasteiger partial charge is 0.434 e. The van der Waals surface area contributed by atoms with Crippen molar-refractivity contribution in [3.63, 3.8) is 0 Å². The van der Waals surface area contributed by atoms with Gasteiger partial charge in [0.2, 0.25) is 0 Å². The molecule has 0 radical (unpaired) electrons. The highest BCUT2D eigenvalue weighted by atomic mass is 127. The van der Waals surface area contributed by atoms with Gasteiger partial charge in [0, 0.05) is 31.7 Å². The summed E-state index contributed by atoms with van der Waals surface area (Å²) in [6, 6.07) is 7.10.